The maximum Gasteiger partial charge on any atom is 0.339 e. The molecular weight excluding hydrogens is 632 g/mol. The first-order valence-electron chi connectivity index (χ1n) is 18.5. The van der Waals surface area contributed by atoms with Crippen molar-refractivity contribution < 1.29 is 52.4 Å². The van der Waals surface area contributed by atoms with E-state index in [9.17, 15) is 24.0 Å². The molecule has 1 aliphatic heterocycles. The molecular formula is C38H58O11. The van der Waals surface area contributed by atoms with Gasteiger partial charge in [-0.05, 0) is 80.5 Å². The summed E-state index contributed by atoms with van der Waals surface area (Å²) in [4.78, 5) is 65.2. The molecule has 0 unspecified atom stereocenters. The lowest BCUT2D eigenvalue weighted by atomic mass is 9.45. The van der Waals surface area contributed by atoms with E-state index < -0.39 is 72.3 Å². The fourth-order valence-electron chi connectivity index (χ4n) is 9.73. The van der Waals surface area contributed by atoms with Gasteiger partial charge >= 0.3 is 23.9 Å². The van der Waals surface area contributed by atoms with E-state index in [1.54, 1.807) is 41.5 Å². The number of rotatable bonds is 9. The van der Waals surface area contributed by atoms with Crippen LogP contribution >= 0.6 is 0 Å². The van der Waals surface area contributed by atoms with E-state index >= 15 is 0 Å². The lowest BCUT2D eigenvalue weighted by molar-refractivity contribution is -0.316. The van der Waals surface area contributed by atoms with Gasteiger partial charge in [0.1, 0.15) is 5.78 Å². The van der Waals surface area contributed by atoms with Crippen LogP contribution in [0.5, 0.6) is 0 Å². The number of ketones is 1. The molecule has 12 atom stereocenters. The second-order valence-electron chi connectivity index (χ2n) is 16.7. The topological polar surface area (TPSA) is 141 Å². The molecule has 49 heavy (non-hydrogen) atoms. The smallest absolute Gasteiger partial charge is 0.339 e. The molecule has 4 saturated carbocycles. The fourth-order valence-corrected chi connectivity index (χ4v) is 9.73. The molecule has 0 aromatic heterocycles. The zero-order valence-electron chi connectivity index (χ0n) is 30.9. The molecule has 11 heteroatoms. The van der Waals surface area contributed by atoms with Crippen LogP contribution in [-0.2, 0) is 52.4 Å². The second kappa shape index (κ2) is 14.6. The summed E-state index contributed by atoms with van der Waals surface area (Å²) in [6.07, 6.45) is 1.10. The Morgan fingerprint density at radius 3 is 1.92 bits per heavy atom. The van der Waals surface area contributed by atoms with E-state index in [2.05, 4.69) is 13.8 Å². The number of Topliss-reactive ketones (excluding diaryl/α,β-unsaturated/α-hetero) is 1. The minimum atomic E-state index is -1.49. The van der Waals surface area contributed by atoms with Gasteiger partial charge in [0.25, 0.3) is 0 Å². The highest BCUT2D eigenvalue weighted by Gasteiger charge is 2.61. The molecule has 276 valence electrons. The van der Waals surface area contributed by atoms with E-state index in [4.69, 9.17) is 28.4 Å². The molecule has 0 aromatic carbocycles. The van der Waals surface area contributed by atoms with Crippen molar-refractivity contribution >= 4 is 29.7 Å². The lowest BCUT2D eigenvalue weighted by Gasteiger charge is -2.60. The Labute approximate surface area is 291 Å². The molecule has 5 aliphatic rings. The number of fused-ring (bicyclic) bond motifs is 5. The monoisotopic (exact) mass is 690 g/mol. The number of hydrogen-bond donors (Lipinski definition) is 0. The number of carbonyl (C=O) groups excluding carboxylic acids is 5. The van der Waals surface area contributed by atoms with Crippen molar-refractivity contribution in [1.82, 2.24) is 0 Å². The molecule has 5 rings (SSSR count). The predicted octanol–water partition coefficient (Wildman–Crippen LogP) is 5.58. The van der Waals surface area contributed by atoms with E-state index in [1.807, 2.05) is 0 Å². The Bertz CT molecular complexity index is 1280. The van der Waals surface area contributed by atoms with Gasteiger partial charge in [0.15, 0.2) is 30.7 Å². The highest BCUT2D eigenvalue weighted by atomic mass is 16.7. The highest BCUT2D eigenvalue weighted by Crippen LogP contribution is 2.65. The summed E-state index contributed by atoms with van der Waals surface area (Å²) in [5, 5.41) is 0. The molecule has 4 aliphatic carbocycles. The first-order valence-corrected chi connectivity index (χ1v) is 18.5. The highest BCUT2D eigenvalue weighted by molar-refractivity contribution is 5.87. The Morgan fingerprint density at radius 1 is 0.735 bits per heavy atom. The van der Waals surface area contributed by atoms with Gasteiger partial charge in [-0.2, -0.15) is 0 Å². The number of methoxy groups -OCH3 is 1. The van der Waals surface area contributed by atoms with Crippen LogP contribution in [0.2, 0.25) is 0 Å². The SMILES string of the molecule is COC(=O)[C@H]1O[C@@H](O[C@H]2CC[C@@]3(C)[C@@H](CC[C@@H]4[C@@H]3CC[C@]3(C)C(=O)CC[C@@H]43)C2)[C@H](OC(=O)C(C)C)[C@@H](OC(=O)C(C)C)[C@@H]1OC(=O)C(C)C. The van der Waals surface area contributed by atoms with Crippen molar-refractivity contribution in [3.63, 3.8) is 0 Å². The van der Waals surface area contributed by atoms with Crippen LogP contribution in [0.25, 0.3) is 0 Å². The van der Waals surface area contributed by atoms with E-state index in [0.717, 1.165) is 51.4 Å². The summed E-state index contributed by atoms with van der Waals surface area (Å²) in [6, 6.07) is 0. The lowest BCUT2D eigenvalue weighted by Crippen LogP contribution is -2.65. The van der Waals surface area contributed by atoms with Crippen molar-refractivity contribution in [2.75, 3.05) is 7.11 Å². The Morgan fingerprint density at radius 2 is 1.33 bits per heavy atom. The first-order chi connectivity index (χ1) is 23.0. The number of ether oxygens (including phenoxy) is 6. The second-order valence-corrected chi connectivity index (χ2v) is 16.7. The average Bonchev–Trinajstić information content (AvgIpc) is 3.36. The quantitative estimate of drug-likeness (QED) is 0.170. The summed E-state index contributed by atoms with van der Waals surface area (Å²) >= 11 is 0. The Hall–Kier alpha value is -2.53. The third-order valence-corrected chi connectivity index (χ3v) is 12.8. The minimum Gasteiger partial charge on any atom is -0.467 e. The fraction of sp³-hybridized carbons (Fsp3) is 0.868. The molecule has 0 aromatic rings. The minimum absolute atomic E-state index is 0.118. The van der Waals surface area contributed by atoms with Crippen molar-refractivity contribution in [3.8, 4) is 0 Å². The van der Waals surface area contributed by atoms with Crippen molar-refractivity contribution in [1.29, 1.82) is 0 Å². The third-order valence-electron chi connectivity index (χ3n) is 12.8. The van der Waals surface area contributed by atoms with Crippen LogP contribution in [-0.4, -0.2) is 73.6 Å². The van der Waals surface area contributed by atoms with Crippen molar-refractivity contribution in [2.24, 2.45) is 52.3 Å². The van der Waals surface area contributed by atoms with E-state index in [-0.39, 0.29) is 16.9 Å². The average molecular weight is 691 g/mol. The molecule has 0 N–H and O–H groups in total. The number of hydrogen-bond acceptors (Lipinski definition) is 11. The van der Waals surface area contributed by atoms with Crippen LogP contribution in [0.15, 0.2) is 0 Å². The predicted molar refractivity (Wildman–Crippen MR) is 176 cm³/mol. The molecule has 0 bridgehead atoms. The number of carbonyl (C=O) groups is 5. The summed E-state index contributed by atoms with van der Waals surface area (Å²) in [5.74, 6) is -1.92. The largest absolute Gasteiger partial charge is 0.467 e. The molecule has 0 amide bonds. The van der Waals surface area contributed by atoms with Crippen LogP contribution in [0, 0.1) is 52.3 Å². The molecule has 11 nitrogen and oxygen atoms in total. The van der Waals surface area contributed by atoms with Gasteiger partial charge in [-0.3, -0.25) is 19.2 Å². The molecule has 1 saturated heterocycles. The van der Waals surface area contributed by atoms with Crippen LogP contribution in [0.4, 0.5) is 0 Å². The maximum absolute atomic E-state index is 13.2. The van der Waals surface area contributed by atoms with Gasteiger partial charge in [-0.15, -0.1) is 0 Å². The third kappa shape index (κ3) is 7.17. The molecule has 0 radical (unpaired) electrons. The summed E-state index contributed by atoms with van der Waals surface area (Å²) in [6.45, 7) is 14.6. The van der Waals surface area contributed by atoms with Gasteiger partial charge in [-0.1, -0.05) is 55.4 Å². The summed E-state index contributed by atoms with van der Waals surface area (Å²) in [5.41, 5.74) is -0.0504. The van der Waals surface area contributed by atoms with E-state index in [1.165, 1.54) is 7.11 Å². The summed E-state index contributed by atoms with van der Waals surface area (Å²) < 4.78 is 35.6. The Kier molecular flexibility index (Phi) is 11.2. The van der Waals surface area contributed by atoms with Gasteiger partial charge < -0.3 is 28.4 Å². The van der Waals surface area contributed by atoms with Crippen molar-refractivity contribution in [2.45, 2.75) is 150 Å². The van der Waals surface area contributed by atoms with E-state index in [0.29, 0.717) is 35.9 Å². The first kappa shape index (κ1) is 37.7. The van der Waals surface area contributed by atoms with Gasteiger partial charge in [0, 0.05) is 11.8 Å². The van der Waals surface area contributed by atoms with Gasteiger partial charge in [0.05, 0.1) is 31.0 Å². The van der Waals surface area contributed by atoms with Crippen LogP contribution in [0.1, 0.15) is 113 Å². The van der Waals surface area contributed by atoms with Crippen molar-refractivity contribution in [3.05, 3.63) is 0 Å². The maximum atomic E-state index is 13.2. The van der Waals surface area contributed by atoms with Crippen LogP contribution < -0.4 is 0 Å². The standard InChI is InChI=1S/C38H58O11/c1-19(2)32(40)46-28-29(47-33(41)20(3)4)31(48-34(42)21(5)6)36(49-30(28)35(43)44-9)45-23-14-16-37(7)22(18-23)10-11-24-25-12-13-27(39)38(25,8)17-15-26(24)37/h19-26,28-31,36H,10-18H2,1-9H3/t22-,23-,24-,25-,26-,28-,29-,30-,31+,36+,37-,38-/m0/s1. The van der Waals surface area contributed by atoms with Gasteiger partial charge in [0.2, 0.25) is 0 Å². The zero-order chi connectivity index (χ0) is 36.0. The molecule has 1 heterocycles. The normalized spacial score (nSPS) is 40.3. The van der Waals surface area contributed by atoms with Crippen LogP contribution in [0.3, 0.4) is 0 Å². The molecule has 0 spiro atoms. The summed E-state index contributed by atoms with van der Waals surface area (Å²) in [7, 11) is 1.19. The Balaban J connectivity index is 1.41. The molecule has 5 fully saturated rings. The zero-order valence-corrected chi connectivity index (χ0v) is 30.9. The van der Waals surface area contributed by atoms with Gasteiger partial charge in [-0.25, -0.2) is 4.79 Å². The number of esters is 4.